The van der Waals surface area contributed by atoms with Gasteiger partial charge in [0.15, 0.2) is 5.65 Å². The Hall–Kier alpha value is -1.43. The molecule has 3 aromatic rings. The number of pyridine rings is 1. The highest BCUT2D eigenvalue weighted by Gasteiger charge is 2.05. The van der Waals surface area contributed by atoms with Crippen molar-refractivity contribution >= 4 is 33.8 Å². The smallest absolute Gasteiger partial charge is 0.178 e. The van der Waals surface area contributed by atoms with E-state index in [-0.39, 0.29) is 0 Å². The number of H-pyrrole nitrogens is 1. The summed E-state index contributed by atoms with van der Waals surface area (Å²) in [6, 6.07) is 10.3. The molecule has 0 atom stereocenters. The molecule has 84 valence electrons. The largest absolute Gasteiger partial charge is 0.337 e. The minimum absolute atomic E-state index is 0.768. The molecule has 0 saturated carbocycles. The average molecular weight is 335 g/mol. The summed E-state index contributed by atoms with van der Waals surface area (Å²) in [7, 11) is 0. The third-order valence-electron chi connectivity index (χ3n) is 2.59. The normalized spacial score (nSPS) is 10.9. The fraction of sp³-hybridized carbons (Fsp3) is 0.0769. The molecule has 0 unspecified atom stereocenters. The first-order valence-electron chi connectivity index (χ1n) is 5.31. The summed E-state index contributed by atoms with van der Waals surface area (Å²) in [6.45, 7) is 2.03. The van der Waals surface area contributed by atoms with Crippen molar-refractivity contribution in [2.45, 2.75) is 6.92 Å². The first-order chi connectivity index (χ1) is 8.22. The van der Waals surface area contributed by atoms with Gasteiger partial charge in [0.2, 0.25) is 0 Å². The summed E-state index contributed by atoms with van der Waals surface area (Å²) in [4.78, 5) is 12.1. The van der Waals surface area contributed by atoms with E-state index < -0.39 is 0 Å². The molecule has 4 heteroatoms. The van der Waals surface area contributed by atoms with Crippen LogP contribution in [0.5, 0.6) is 0 Å². The number of aryl methyl sites for hydroxylation is 1. The van der Waals surface area contributed by atoms with E-state index in [4.69, 9.17) is 0 Å². The Kier molecular flexibility index (Phi) is 2.58. The van der Waals surface area contributed by atoms with Crippen molar-refractivity contribution in [3.8, 4) is 11.4 Å². The molecule has 2 aromatic heterocycles. The molecule has 0 saturated heterocycles. The van der Waals surface area contributed by atoms with Gasteiger partial charge in [0.25, 0.3) is 0 Å². The number of hydrogen-bond donors (Lipinski definition) is 1. The van der Waals surface area contributed by atoms with Crippen LogP contribution < -0.4 is 0 Å². The van der Waals surface area contributed by atoms with E-state index in [1.54, 1.807) is 0 Å². The third kappa shape index (κ3) is 2.04. The number of benzene rings is 1. The predicted molar refractivity (Wildman–Crippen MR) is 76.8 cm³/mol. The van der Waals surface area contributed by atoms with Gasteiger partial charge in [-0.3, -0.25) is 0 Å². The molecule has 0 aliphatic heterocycles. The quantitative estimate of drug-likeness (QED) is 0.691. The molecule has 17 heavy (non-hydrogen) atoms. The topological polar surface area (TPSA) is 41.6 Å². The number of nitrogens with one attached hydrogen (secondary N) is 1. The zero-order valence-electron chi connectivity index (χ0n) is 9.24. The lowest BCUT2D eigenvalue weighted by Crippen LogP contribution is -1.80. The number of aromatic amines is 1. The minimum atomic E-state index is 0.768. The summed E-state index contributed by atoms with van der Waals surface area (Å²) in [5.74, 6) is 0.870. The maximum Gasteiger partial charge on any atom is 0.178 e. The maximum atomic E-state index is 4.48. The molecular weight excluding hydrogens is 325 g/mol. The second kappa shape index (κ2) is 4.10. The Balaban J connectivity index is 2.14. The van der Waals surface area contributed by atoms with Crippen molar-refractivity contribution in [3.05, 3.63) is 45.7 Å². The van der Waals surface area contributed by atoms with Gasteiger partial charge in [-0.1, -0.05) is 12.1 Å². The number of fused-ring (bicyclic) bond motifs is 1. The molecule has 0 aliphatic rings. The van der Waals surface area contributed by atoms with E-state index in [0.717, 1.165) is 28.1 Å². The van der Waals surface area contributed by atoms with Crippen molar-refractivity contribution in [2.24, 2.45) is 0 Å². The Labute approximate surface area is 112 Å². The van der Waals surface area contributed by atoms with E-state index in [1.165, 1.54) is 3.57 Å². The van der Waals surface area contributed by atoms with Gasteiger partial charge in [0, 0.05) is 15.3 Å². The zero-order valence-corrected chi connectivity index (χ0v) is 11.4. The van der Waals surface area contributed by atoms with Gasteiger partial charge in [-0.15, -0.1) is 0 Å². The van der Waals surface area contributed by atoms with Crippen LogP contribution in [0.2, 0.25) is 0 Å². The molecule has 3 nitrogen and oxygen atoms in total. The average Bonchev–Trinajstić information content (AvgIpc) is 2.72. The molecule has 0 aliphatic carbocycles. The molecule has 0 fully saturated rings. The van der Waals surface area contributed by atoms with Crippen LogP contribution in [0.25, 0.3) is 22.6 Å². The molecule has 3 rings (SSSR count). The molecule has 0 amide bonds. The highest BCUT2D eigenvalue weighted by molar-refractivity contribution is 14.1. The van der Waals surface area contributed by atoms with Gasteiger partial charge in [0.05, 0.1) is 5.52 Å². The second-order valence-electron chi connectivity index (χ2n) is 3.98. The number of aromatic nitrogens is 3. The van der Waals surface area contributed by atoms with Gasteiger partial charge < -0.3 is 4.98 Å². The Morgan fingerprint density at radius 3 is 2.71 bits per heavy atom. The van der Waals surface area contributed by atoms with Crippen molar-refractivity contribution < 1.29 is 0 Å². The van der Waals surface area contributed by atoms with Crippen LogP contribution in [0.3, 0.4) is 0 Å². The standard InChI is InChI=1S/C13H10IN3/c1-8-6-11-13(15-7-8)17-12(16-11)9-2-4-10(14)5-3-9/h2-7H,1H3,(H,15,16,17). The monoisotopic (exact) mass is 335 g/mol. The van der Waals surface area contributed by atoms with E-state index in [0.29, 0.717) is 0 Å². The summed E-state index contributed by atoms with van der Waals surface area (Å²) in [5.41, 5.74) is 3.97. The Bertz CT molecular complexity index is 671. The first-order valence-corrected chi connectivity index (χ1v) is 6.38. The highest BCUT2D eigenvalue weighted by atomic mass is 127. The van der Waals surface area contributed by atoms with Gasteiger partial charge in [-0.2, -0.15) is 0 Å². The Morgan fingerprint density at radius 1 is 1.18 bits per heavy atom. The number of nitrogens with zero attached hydrogens (tertiary/aromatic N) is 2. The van der Waals surface area contributed by atoms with Crippen molar-refractivity contribution in [1.82, 2.24) is 15.0 Å². The molecule has 2 heterocycles. The SMILES string of the molecule is Cc1cnc2nc(-c3ccc(I)cc3)[nH]c2c1. The lowest BCUT2D eigenvalue weighted by Gasteiger charge is -1.95. The van der Waals surface area contributed by atoms with Gasteiger partial charge in [-0.05, 0) is 53.3 Å². The minimum Gasteiger partial charge on any atom is -0.337 e. The number of halogens is 1. The van der Waals surface area contributed by atoms with Crippen molar-refractivity contribution in [3.63, 3.8) is 0 Å². The highest BCUT2D eigenvalue weighted by Crippen LogP contribution is 2.20. The summed E-state index contributed by atoms with van der Waals surface area (Å²) in [5, 5.41) is 0. The molecular formula is C13H10IN3. The van der Waals surface area contributed by atoms with E-state index in [9.17, 15) is 0 Å². The predicted octanol–water partition coefficient (Wildman–Crippen LogP) is 3.54. The number of hydrogen-bond acceptors (Lipinski definition) is 2. The van der Waals surface area contributed by atoms with Crippen LogP contribution in [0.4, 0.5) is 0 Å². The van der Waals surface area contributed by atoms with Crippen molar-refractivity contribution in [1.29, 1.82) is 0 Å². The van der Waals surface area contributed by atoms with Crippen LogP contribution in [0.15, 0.2) is 36.5 Å². The van der Waals surface area contributed by atoms with Crippen LogP contribution in [-0.2, 0) is 0 Å². The summed E-state index contributed by atoms with van der Waals surface area (Å²) >= 11 is 2.29. The lowest BCUT2D eigenvalue weighted by molar-refractivity contribution is 1.28. The van der Waals surface area contributed by atoms with Crippen LogP contribution in [0.1, 0.15) is 5.56 Å². The van der Waals surface area contributed by atoms with Gasteiger partial charge in [-0.25, -0.2) is 9.97 Å². The number of rotatable bonds is 1. The summed E-state index contributed by atoms with van der Waals surface area (Å²) < 4.78 is 1.22. The molecule has 0 radical (unpaired) electrons. The fourth-order valence-corrected chi connectivity index (χ4v) is 2.11. The molecule has 0 spiro atoms. The molecule has 1 aromatic carbocycles. The maximum absolute atomic E-state index is 4.48. The molecule has 0 bridgehead atoms. The van der Waals surface area contributed by atoms with Crippen LogP contribution >= 0.6 is 22.6 Å². The first kappa shape index (κ1) is 10.7. The van der Waals surface area contributed by atoms with Gasteiger partial charge >= 0.3 is 0 Å². The van der Waals surface area contributed by atoms with E-state index >= 15 is 0 Å². The van der Waals surface area contributed by atoms with E-state index in [2.05, 4.69) is 67.9 Å². The van der Waals surface area contributed by atoms with Gasteiger partial charge in [0.1, 0.15) is 5.82 Å². The second-order valence-corrected chi connectivity index (χ2v) is 5.22. The summed E-state index contributed by atoms with van der Waals surface area (Å²) in [6.07, 6.45) is 1.83. The fourth-order valence-electron chi connectivity index (χ4n) is 1.75. The lowest BCUT2D eigenvalue weighted by atomic mass is 10.2. The molecule has 1 N–H and O–H groups in total. The van der Waals surface area contributed by atoms with Crippen LogP contribution in [0, 0.1) is 10.5 Å². The Morgan fingerprint density at radius 2 is 1.94 bits per heavy atom. The van der Waals surface area contributed by atoms with Crippen molar-refractivity contribution in [2.75, 3.05) is 0 Å². The third-order valence-corrected chi connectivity index (χ3v) is 3.31. The number of imidazole rings is 1. The van der Waals surface area contributed by atoms with Crippen LogP contribution in [-0.4, -0.2) is 15.0 Å². The zero-order chi connectivity index (χ0) is 11.8. The van der Waals surface area contributed by atoms with E-state index in [1.807, 2.05) is 13.1 Å².